The molecule has 1 aliphatic heterocycles. The molecule has 108 valence electrons. The van der Waals surface area contributed by atoms with E-state index in [1.807, 2.05) is 10.9 Å². The van der Waals surface area contributed by atoms with E-state index >= 15 is 0 Å². The zero-order chi connectivity index (χ0) is 13.5. The second kappa shape index (κ2) is 7.50. The first-order valence-corrected chi connectivity index (χ1v) is 7.38. The van der Waals surface area contributed by atoms with E-state index in [0.717, 1.165) is 51.6 Å². The molecule has 1 atom stereocenters. The van der Waals surface area contributed by atoms with Crippen molar-refractivity contribution < 1.29 is 4.74 Å². The van der Waals surface area contributed by atoms with Gasteiger partial charge in [0.1, 0.15) is 0 Å². The second-order valence-corrected chi connectivity index (χ2v) is 5.13. The SMILES string of the molecule is CCN(CC)CCn1cc(NCC2CCOC2)cn1. The van der Waals surface area contributed by atoms with Crippen molar-refractivity contribution in [3.63, 3.8) is 0 Å². The molecule has 0 aliphatic carbocycles. The molecular weight excluding hydrogens is 240 g/mol. The van der Waals surface area contributed by atoms with Gasteiger partial charge in [-0.05, 0) is 19.5 Å². The van der Waals surface area contributed by atoms with Crippen molar-refractivity contribution in [2.75, 3.05) is 44.7 Å². The number of hydrogen-bond acceptors (Lipinski definition) is 4. The summed E-state index contributed by atoms with van der Waals surface area (Å²) in [6.07, 6.45) is 5.18. The molecule has 0 aromatic carbocycles. The predicted molar refractivity (Wildman–Crippen MR) is 77.4 cm³/mol. The van der Waals surface area contributed by atoms with Crippen molar-refractivity contribution in [3.05, 3.63) is 12.4 Å². The number of nitrogens with one attached hydrogen (secondary N) is 1. The average Bonchev–Trinajstić information content (AvgIpc) is 3.09. The highest BCUT2D eigenvalue weighted by atomic mass is 16.5. The Morgan fingerprint density at radius 1 is 1.47 bits per heavy atom. The molecule has 1 aromatic rings. The Morgan fingerprint density at radius 2 is 2.32 bits per heavy atom. The summed E-state index contributed by atoms with van der Waals surface area (Å²) in [6, 6.07) is 0. The van der Waals surface area contributed by atoms with Crippen LogP contribution in [0.5, 0.6) is 0 Å². The molecule has 2 heterocycles. The van der Waals surface area contributed by atoms with Gasteiger partial charge >= 0.3 is 0 Å². The smallest absolute Gasteiger partial charge is 0.0726 e. The van der Waals surface area contributed by atoms with Gasteiger partial charge < -0.3 is 15.0 Å². The fraction of sp³-hybridized carbons (Fsp3) is 0.786. The van der Waals surface area contributed by atoms with Crippen LogP contribution in [-0.4, -0.2) is 54.1 Å². The Morgan fingerprint density at radius 3 is 3.00 bits per heavy atom. The van der Waals surface area contributed by atoms with Crippen LogP contribution in [0.15, 0.2) is 12.4 Å². The fourth-order valence-electron chi connectivity index (χ4n) is 2.37. The summed E-state index contributed by atoms with van der Waals surface area (Å²) < 4.78 is 7.39. The Kier molecular flexibility index (Phi) is 5.66. The molecule has 0 saturated carbocycles. The highest BCUT2D eigenvalue weighted by Gasteiger charge is 2.15. The summed E-state index contributed by atoms with van der Waals surface area (Å²) in [5.74, 6) is 0.652. The van der Waals surface area contributed by atoms with Crippen molar-refractivity contribution in [2.45, 2.75) is 26.8 Å². The van der Waals surface area contributed by atoms with Crippen LogP contribution in [0, 0.1) is 5.92 Å². The van der Waals surface area contributed by atoms with Gasteiger partial charge in [0.15, 0.2) is 0 Å². The van der Waals surface area contributed by atoms with Crippen molar-refractivity contribution in [1.29, 1.82) is 0 Å². The summed E-state index contributed by atoms with van der Waals surface area (Å²) in [7, 11) is 0. The third-order valence-corrected chi connectivity index (χ3v) is 3.79. The van der Waals surface area contributed by atoms with Crippen molar-refractivity contribution in [2.24, 2.45) is 5.92 Å². The third kappa shape index (κ3) is 4.51. The molecule has 1 fully saturated rings. The Bertz CT molecular complexity index is 336. The molecule has 0 amide bonds. The molecule has 19 heavy (non-hydrogen) atoms. The van der Waals surface area contributed by atoms with E-state index in [1.54, 1.807) is 0 Å². The Balaban J connectivity index is 1.71. The fourth-order valence-corrected chi connectivity index (χ4v) is 2.37. The molecular formula is C14H26N4O. The Labute approximate surface area is 115 Å². The van der Waals surface area contributed by atoms with E-state index in [1.165, 1.54) is 6.42 Å². The van der Waals surface area contributed by atoms with Crippen LogP contribution in [0.1, 0.15) is 20.3 Å². The van der Waals surface area contributed by atoms with E-state index in [4.69, 9.17) is 4.74 Å². The lowest BCUT2D eigenvalue weighted by Crippen LogP contribution is -2.27. The normalized spacial score (nSPS) is 19.2. The van der Waals surface area contributed by atoms with Crippen molar-refractivity contribution >= 4 is 5.69 Å². The first-order valence-electron chi connectivity index (χ1n) is 7.38. The molecule has 1 N–H and O–H groups in total. The van der Waals surface area contributed by atoms with Gasteiger partial charge in [0.2, 0.25) is 0 Å². The summed E-state index contributed by atoms with van der Waals surface area (Å²) in [5.41, 5.74) is 1.12. The van der Waals surface area contributed by atoms with Crippen LogP contribution in [0.25, 0.3) is 0 Å². The van der Waals surface area contributed by atoms with Gasteiger partial charge in [0, 0.05) is 31.8 Å². The number of ether oxygens (including phenoxy) is 1. The minimum atomic E-state index is 0.652. The van der Waals surface area contributed by atoms with E-state index in [-0.39, 0.29) is 0 Å². The standard InChI is InChI=1S/C14H26N4O/c1-3-17(4-2)6-7-18-11-14(10-16-18)15-9-13-5-8-19-12-13/h10-11,13,15H,3-9,12H2,1-2H3. The molecule has 1 saturated heterocycles. The van der Waals surface area contributed by atoms with E-state index in [0.29, 0.717) is 5.92 Å². The van der Waals surface area contributed by atoms with Crippen molar-refractivity contribution in [3.8, 4) is 0 Å². The largest absolute Gasteiger partial charge is 0.382 e. The quantitative estimate of drug-likeness (QED) is 0.777. The summed E-state index contributed by atoms with van der Waals surface area (Å²) in [5, 5.41) is 7.84. The molecule has 0 spiro atoms. The van der Waals surface area contributed by atoms with Gasteiger partial charge in [-0.1, -0.05) is 13.8 Å². The van der Waals surface area contributed by atoms with E-state index < -0.39 is 0 Å². The minimum absolute atomic E-state index is 0.652. The van der Waals surface area contributed by atoms with Gasteiger partial charge in [0.25, 0.3) is 0 Å². The molecule has 5 heteroatoms. The number of nitrogens with zero attached hydrogens (tertiary/aromatic N) is 3. The van der Waals surface area contributed by atoms with Gasteiger partial charge in [0.05, 0.1) is 25.0 Å². The first kappa shape index (κ1) is 14.3. The lowest BCUT2D eigenvalue weighted by Gasteiger charge is -2.17. The van der Waals surface area contributed by atoms with Gasteiger partial charge in [-0.2, -0.15) is 5.10 Å². The van der Waals surface area contributed by atoms with Crippen LogP contribution in [0.3, 0.4) is 0 Å². The maximum Gasteiger partial charge on any atom is 0.0726 e. The van der Waals surface area contributed by atoms with Crippen LogP contribution >= 0.6 is 0 Å². The van der Waals surface area contributed by atoms with Crippen LogP contribution < -0.4 is 5.32 Å². The van der Waals surface area contributed by atoms with Crippen molar-refractivity contribution in [1.82, 2.24) is 14.7 Å². The van der Waals surface area contributed by atoms with Crippen LogP contribution in [0.2, 0.25) is 0 Å². The lowest BCUT2D eigenvalue weighted by molar-refractivity contribution is 0.187. The number of anilines is 1. The number of aromatic nitrogens is 2. The van der Waals surface area contributed by atoms with E-state index in [2.05, 4.69) is 35.4 Å². The highest BCUT2D eigenvalue weighted by Crippen LogP contribution is 2.13. The number of hydrogen-bond donors (Lipinski definition) is 1. The van der Waals surface area contributed by atoms with Crippen LogP contribution in [-0.2, 0) is 11.3 Å². The average molecular weight is 266 g/mol. The van der Waals surface area contributed by atoms with Gasteiger partial charge in [-0.25, -0.2) is 0 Å². The topological polar surface area (TPSA) is 42.3 Å². The minimum Gasteiger partial charge on any atom is -0.382 e. The number of likely N-dealkylation sites (N-methyl/N-ethyl adjacent to an activating group) is 1. The second-order valence-electron chi connectivity index (χ2n) is 5.13. The summed E-state index contributed by atoms with van der Waals surface area (Å²) >= 11 is 0. The van der Waals surface area contributed by atoms with Gasteiger partial charge in [-0.3, -0.25) is 4.68 Å². The molecule has 1 unspecified atom stereocenters. The third-order valence-electron chi connectivity index (χ3n) is 3.79. The molecule has 5 nitrogen and oxygen atoms in total. The molecule has 0 bridgehead atoms. The highest BCUT2D eigenvalue weighted by molar-refractivity contribution is 5.38. The summed E-state index contributed by atoms with van der Waals surface area (Å²) in [4.78, 5) is 2.41. The number of rotatable bonds is 8. The molecule has 1 aromatic heterocycles. The Hall–Kier alpha value is -1.07. The molecule has 1 aliphatic rings. The molecule has 2 rings (SSSR count). The molecule has 0 radical (unpaired) electrons. The lowest BCUT2D eigenvalue weighted by atomic mass is 10.1. The van der Waals surface area contributed by atoms with Crippen LogP contribution in [0.4, 0.5) is 5.69 Å². The zero-order valence-corrected chi connectivity index (χ0v) is 12.1. The maximum atomic E-state index is 5.37. The first-order chi connectivity index (χ1) is 9.31. The maximum absolute atomic E-state index is 5.37. The monoisotopic (exact) mass is 266 g/mol. The summed E-state index contributed by atoms with van der Waals surface area (Å²) in [6.45, 7) is 11.4. The van der Waals surface area contributed by atoms with E-state index in [9.17, 15) is 0 Å². The predicted octanol–water partition coefficient (Wildman–Crippen LogP) is 1.67. The zero-order valence-electron chi connectivity index (χ0n) is 12.1. The van der Waals surface area contributed by atoms with Gasteiger partial charge in [-0.15, -0.1) is 0 Å².